The van der Waals surface area contributed by atoms with E-state index in [4.69, 9.17) is 9.73 Å². The summed E-state index contributed by atoms with van der Waals surface area (Å²) in [5.41, 5.74) is 2.55. The Morgan fingerprint density at radius 1 is 1.15 bits per heavy atom. The van der Waals surface area contributed by atoms with Crippen molar-refractivity contribution in [1.82, 2.24) is 20.4 Å². The van der Waals surface area contributed by atoms with Crippen LogP contribution in [-0.2, 0) is 17.8 Å². The molecule has 0 bridgehead atoms. The lowest BCUT2D eigenvalue weighted by molar-refractivity contribution is 0.0211. The Bertz CT molecular complexity index is 544. The first-order chi connectivity index (χ1) is 12.6. The van der Waals surface area contributed by atoms with Gasteiger partial charge in [-0.05, 0) is 39.1 Å². The zero-order valence-corrected chi connectivity index (χ0v) is 19.5. The Labute approximate surface area is 181 Å². The number of benzene rings is 1. The number of morpholine rings is 1. The highest BCUT2D eigenvalue weighted by Crippen LogP contribution is 2.07. The maximum Gasteiger partial charge on any atom is 0.191 e. The van der Waals surface area contributed by atoms with Gasteiger partial charge in [-0.1, -0.05) is 24.3 Å². The predicted octanol–water partition coefficient (Wildman–Crippen LogP) is 2.14. The number of aliphatic imine (C=N–C) groups is 1. The molecule has 27 heavy (non-hydrogen) atoms. The molecule has 0 radical (unpaired) electrons. The lowest BCUT2D eigenvalue weighted by atomic mass is 10.1. The van der Waals surface area contributed by atoms with Crippen molar-refractivity contribution in [3.05, 3.63) is 35.4 Å². The van der Waals surface area contributed by atoms with Gasteiger partial charge >= 0.3 is 0 Å². The zero-order valence-electron chi connectivity index (χ0n) is 17.2. The van der Waals surface area contributed by atoms with Gasteiger partial charge in [0.1, 0.15) is 0 Å². The molecule has 6 nitrogen and oxygen atoms in total. The minimum absolute atomic E-state index is 0. The van der Waals surface area contributed by atoms with Gasteiger partial charge in [0.05, 0.1) is 19.8 Å². The summed E-state index contributed by atoms with van der Waals surface area (Å²) in [6.45, 7) is 11.4. The maximum absolute atomic E-state index is 5.43. The second-order valence-corrected chi connectivity index (χ2v) is 7.13. The molecule has 2 N–H and O–H groups in total. The smallest absolute Gasteiger partial charge is 0.191 e. The van der Waals surface area contributed by atoms with Crippen LogP contribution in [0.5, 0.6) is 0 Å². The van der Waals surface area contributed by atoms with Crippen molar-refractivity contribution < 1.29 is 4.74 Å². The molecular weight excluding hydrogens is 453 g/mol. The van der Waals surface area contributed by atoms with Crippen LogP contribution in [0.15, 0.2) is 29.3 Å². The van der Waals surface area contributed by atoms with Crippen molar-refractivity contribution in [3.63, 3.8) is 0 Å². The molecule has 1 saturated heterocycles. The second-order valence-electron chi connectivity index (χ2n) is 7.13. The van der Waals surface area contributed by atoms with Gasteiger partial charge in [0.2, 0.25) is 0 Å². The Balaban J connectivity index is 0.00000364. The highest BCUT2D eigenvalue weighted by Gasteiger charge is 2.16. The Kier molecular flexibility index (Phi) is 11.9. The largest absolute Gasteiger partial charge is 0.379 e. The van der Waals surface area contributed by atoms with E-state index in [1.54, 1.807) is 0 Å². The molecule has 0 aliphatic carbocycles. The van der Waals surface area contributed by atoms with E-state index in [-0.39, 0.29) is 24.0 Å². The van der Waals surface area contributed by atoms with E-state index in [0.717, 1.165) is 51.9 Å². The first-order valence-corrected chi connectivity index (χ1v) is 9.65. The number of nitrogens with one attached hydrogen (secondary N) is 2. The third-order valence-electron chi connectivity index (χ3n) is 4.52. The van der Waals surface area contributed by atoms with Crippen LogP contribution in [-0.4, -0.2) is 75.3 Å². The quantitative estimate of drug-likeness (QED) is 0.333. The van der Waals surface area contributed by atoms with E-state index in [9.17, 15) is 0 Å². The van der Waals surface area contributed by atoms with Crippen molar-refractivity contribution in [2.45, 2.75) is 33.0 Å². The molecule has 1 aromatic rings. The zero-order chi connectivity index (χ0) is 18.8. The lowest BCUT2D eigenvalue weighted by Crippen LogP contribution is -2.49. The highest BCUT2D eigenvalue weighted by molar-refractivity contribution is 14.0. The summed E-state index contributed by atoms with van der Waals surface area (Å²) in [5.74, 6) is 0.880. The molecule has 7 heteroatoms. The SMILES string of the molecule is CCNC(=NCc1ccc(CN(C)C)cc1)NCC(C)N1CCOCC1.I. The third-order valence-corrected chi connectivity index (χ3v) is 4.52. The maximum atomic E-state index is 5.43. The first-order valence-electron chi connectivity index (χ1n) is 9.65. The van der Waals surface area contributed by atoms with Crippen LogP contribution >= 0.6 is 24.0 Å². The number of guanidine groups is 1. The van der Waals surface area contributed by atoms with Crippen LogP contribution in [0, 0.1) is 0 Å². The number of ether oxygens (including phenoxy) is 1. The van der Waals surface area contributed by atoms with E-state index in [1.807, 2.05) is 0 Å². The van der Waals surface area contributed by atoms with Crippen molar-refractivity contribution in [2.75, 3.05) is 53.5 Å². The van der Waals surface area contributed by atoms with Crippen LogP contribution in [0.1, 0.15) is 25.0 Å². The minimum Gasteiger partial charge on any atom is -0.379 e. The molecule has 0 saturated carbocycles. The molecule has 0 spiro atoms. The fraction of sp³-hybridized carbons (Fsp3) is 0.650. The summed E-state index contributed by atoms with van der Waals surface area (Å²) in [5, 5.41) is 6.81. The van der Waals surface area contributed by atoms with Crippen molar-refractivity contribution >= 4 is 29.9 Å². The fourth-order valence-electron chi connectivity index (χ4n) is 3.02. The average molecular weight is 489 g/mol. The highest BCUT2D eigenvalue weighted by atomic mass is 127. The van der Waals surface area contributed by atoms with Crippen molar-refractivity contribution in [2.24, 2.45) is 4.99 Å². The van der Waals surface area contributed by atoms with E-state index in [2.05, 4.69) is 72.6 Å². The molecule has 1 fully saturated rings. The molecule has 1 aliphatic heterocycles. The number of hydrogen-bond donors (Lipinski definition) is 2. The Hall–Kier alpha value is -0.900. The topological polar surface area (TPSA) is 52.1 Å². The molecule has 0 amide bonds. The van der Waals surface area contributed by atoms with E-state index < -0.39 is 0 Å². The molecule has 1 unspecified atom stereocenters. The summed E-state index contributed by atoms with van der Waals surface area (Å²) in [7, 11) is 4.18. The van der Waals surface area contributed by atoms with Gasteiger partial charge < -0.3 is 20.3 Å². The fourth-order valence-corrected chi connectivity index (χ4v) is 3.02. The van der Waals surface area contributed by atoms with E-state index >= 15 is 0 Å². The number of rotatable bonds is 8. The summed E-state index contributed by atoms with van der Waals surface area (Å²) in [6, 6.07) is 9.18. The monoisotopic (exact) mass is 489 g/mol. The van der Waals surface area contributed by atoms with Crippen LogP contribution < -0.4 is 10.6 Å². The standard InChI is InChI=1S/C20H35N5O.HI/c1-5-21-20(22-14-17(2)25-10-12-26-13-11-25)23-15-18-6-8-19(9-7-18)16-24(3)4;/h6-9,17H,5,10-16H2,1-4H3,(H2,21,22,23);1H. The van der Waals surface area contributed by atoms with Gasteiger partial charge in [-0.3, -0.25) is 4.90 Å². The Morgan fingerprint density at radius 2 is 1.78 bits per heavy atom. The molecule has 1 atom stereocenters. The number of hydrogen-bond acceptors (Lipinski definition) is 4. The minimum atomic E-state index is 0. The van der Waals surface area contributed by atoms with E-state index in [0.29, 0.717) is 12.6 Å². The summed E-state index contributed by atoms with van der Waals surface area (Å²) in [4.78, 5) is 9.37. The van der Waals surface area contributed by atoms with Crippen LogP contribution in [0.3, 0.4) is 0 Å². The van der Waals surface area contributed by atoms with Crippen LogP contribution in [0.2, 0.25) is 0 Å². The summed E-state index contributed by atoms with van der Waals surface area (Å²) >= 11 is 0. The summed E-state index contributed by atoms with van der Waals surface area (Å²) in [6.07, 6.45) is 0. The van der Waals surface area contributed by atoms with Crippen LogP contribution in [0.4, 0.5) is 0 Å². The molecule has 2 rings (SSSR count). The first kappa shape index (κ1) is 24.1. The van der Waals surface area contributed by atoms with Crippen LogP contribution in [0.25, 0.3) is 0 Å². The molecule has 1 aliphatic rings. The van der Waals surface area contributed by atoms with Gasteiger partial charge in [-0.25, -0.2) is 4.99 Å². The average Bonchev–Trinajstić information content (AvgIpc) is 2.65. The van der Waals surface area contributed by atoms with Gasteiger partial charge in [0.25, 0.3) is 0 Å². The molecule has 0 aromatic heterocycles. The predicted molar refractivity (Wildman–Crippen MR) is 124 cm³/mol. The lowest BCUT2D eigenvalue weighted by Gasteiger charge is -2.32. The Morgan fingerprint density at radius 3 is 2.37 bits per heavy atom. The van der Waals surface area contributed by atoms with Gasteiger partial charge in [0, 0.05) is 38.8 Å². The molecule has 1 aromatic carbocycles. The second kappa shape index (κ2) is 13.3. The van der Waals surface area contributed by atoms with Gasteiger partial charge in [0.15, 0.2) is 5.96 Å². The summed E-state index contributed by atoms with van der Waals surface area (Å²) < 4.78 is 5.43. The number of halogens is 1. The van der Waals surface area contributed by atoms with Crippen molar-refractivity contribution in [1.29, 1.82) is 0 Å². The van der Waals surface area contributed by atoms with Gasteiger partial charge in [-0.15, -0.1) is 24.0 Å². The molecule has 154 valence electrons. The third kappa shape index (κ3) is 9.23. The molecular formula is C20H36IN5O. The molecule has 1 heterocycles. The number of nitrogens with zero attached hydrogens (tertiary/aromatic N) is 3. The van der Waals surface area contributed by atoms with Gasteiger partial charge in [-0.2, -0.15) is 0 Å². The van der Waals surface area contributed by atoms with Crippen molar-refractivity contribution in [3.8, 4) is 0 Å². The normalized spacial score (nSPS) is 16.7. The van der Waals surface area contributed by atoms with E-state index in [1.165, 1.54) is 11.1 Å².